The Kier molecular flexibility index (Phi) is 16.4. The lowest BCUT2D eigenvalue weighted by molar-refractivity contribution is 1.18. The number of para-hydroxylation sites is 8. The fourth-order valence-corrected chi connectivity index (χ4v) is 21.7. The highest BCUT2D eigenvalue weighted by Crippen LogP contribution is 2.48. The predicted octanol–water partition coefficient (Wildman–Crippen LogP) is 33.2. The van der Waals surface area contributed by atoms with Crippen LogP contribution in [0.2, 0.25) is 0 Å². The van der Waals surface area contributed by atoms with Crippen LogP contribution in [0.15, 0.2) is 473 Å². The van der Waals surface area contributed by atoms with Crippen molar-refractivity contribution in [1.82, 2.24) is 27.4 Å². The van der Waals surface area contributed by atoms with E-state index in [0.29, 0.717) is 0 Å². The first-order valence-electron chi connectivity index (χ1n) is 44.8. The molecule has 0 amide bonds. The molecule has 0 spiro atoms. The van der Waals surface area contributed by atoms with Gasteiger partial charge in [-0.3, -0.25) is 0 Å². The second kappa shape index (κ2) is 29.1. The van der Waals surface area contributed by atoms with E-state index in [-0.39, 0.29) is 0 Å². The van der Waals surface area contributed by atoms with E-state index in [0.717, 1.165) is 11.4 Å². The van der Waals surface area contributed by atoms with E-state index in [1.165, 1.54) is 241 Å². The summed E-state index contributed by atoms with van der Waals surface area (Å²) in [7, 11) is 0. The second-order valence-corrected chi connectivity index (χ2v) is 34.6. The lowest BCUT2D eigenvalue weighted by Gasteiger charge is -2.16. The van der Waals surface area contributed by atoms with Gasteiger partial charge in [0.2, 0.25) is 0 Å². The molecule has 6 aromatic heterocycles. The van der Waals surface area contributed by atoms with Crippen LogP contribution in [0.3, 0.4) is 0 Å². The maximum Gasteiger partial charge on any atom is 0.0618 e. The molecule has 6 nitrogen and oxygen atoms in total. The van der Waals surface area contributed by atoms with Crippen molar-refractivity contribution in [3.63, 3.8) is 0 Å². The zero-order chi connectivity index (χ0) is 85.2. The van der Waals surface area contributed by atoms with E-state index in [1.54, 1.807) is 0 Å². The molecule has 0 bridgehead atoms. The molecule has 0 aliphatic heterocycles. The van der Waals surface area contributed by atoms with Crippen LogP contribution >= 0.6 is 0 Å². The molecule has 28 aromatic rings. The van der Waals surface area contributed by atoms with E-state index < -0.39 is 0 Å². The number of aromatic nitrogens is 6. The molecule has 22 aromatic carbocycles. The Balaban J connectivity index is 0.000000134. The average molecular weight is 1650 g/mol. The van der Waals surface area contributed by atoms with Crippen molar-refractivity contribution >= 4 is 174 Å². The monoisotopic (exact) mass is 1650 g/mol. The van der Waals surface area contributed by atoms with Gasteiger partial charge in [0.1, 0.15) is 0 Å². The van der Waals surface area contributed by atoms with Crippen LogP contribution in [0, 0.1) is 0 Å². The van der Waals surface area contributed by atoms with Crippen LogP contribution in [-0.4, -0.2) is 27.4 Å². The highest BCUT2D eigenvalue weighted by atomic mass is 15.0. The Hall–Kier alpha value is -17.3. The normalized spacial score (nSPS) is 12.0. The summed E-state index contributed by atoms with van der Waals surface area (Å²) in [5.74, 6) is 0. The Bertz CT molecular complexity index is 9220. The standard InChI is InChI=1S/2C62H39N3/c1-3-17-46(18-4-1)63-57-26-14-12-24-51(57)53-36-40(28-32-58(53)63)41-29-33-59-54(37-41)55-38-42(30-34-60(55)65(59)62-48-21-9-7-15-44(48)35-45-16-8-10-22-49(45)62)43-27-31-52-50-23-11-13-25-56(50)64(61(52)39-43)47-19-5-2-6-20-47;1-3-17-46(18-4-1)63-56-25-13-11-23-50(56)52-36-40(27-31-58(52)63)42-29-33-60-54(38-42)55-39-43(30-34-61(55)65(60)62-48-21-9-7-15-44(48)35-45-16-8-10-22-49(45)62)41-28-32-59-53(37-41)51-24-12-14-26-57(51)64(59)47-19-5-2-6-20-47/h2*1-39H. The smallest absolute Gasteiger partial charge is 0.0618 e. The zero-order valence-corrected chi connectivity index (χ0v) is 70.7. The number of hydrogen-bond donors (Lipinski definition) is 0. The molecule has 0 aliphatic carbocycles. The molecule has 0 atom stereocenters. The molecular weight excluding hydrogens is 1570 g/mol. The second-order valence-electron chi connectivity index (χ2n) is 34.6. The van der Waals surface area contributed by atoms with Gasteiger partial charge in [0.05, 0.1) is 77.6 Å². The Labute approximate surface area is 747 Å². The molecule has 0 N–H and O–H groups in total. The first-order chi connectivity index (χ1) is 64.5. The summed E-state index contributed by atoms with van der Waals surface area (Å²) >= 11 is 0. The number of nitrogens with zero attached hydrogens (tertiary/aromatic N) is 6. The van der Waals surface area contributed by atoms with Crippen molar-refractivity contribution in [2.24, 2.45) is 0 Å². The van der Waals surface area contributed by atoms with Crippen molar-refractivity contribution < 1.29 is 0 Å². The molecule has 0 aliphatic rings. The maximum atomic E-state index is 2.52. The first-order valence-corrected chi connectivity index (χ1v) is 44.8. The third-order valence-corrected chi connectivity index (χ3v) is 27.5. The van der Waals surface area contributed by atoms with Crippen molar-refractivity contribution in [1.29, 1.82) is 0 Å². The van der Waals surface area contributed by atoms with Crippen LogP contribution in [0.4, 0.5) is 0 Å². The molecular formula is C124H78N6. The minimum Gasteiger partial charge on any atom is -0.309 e. The number of fused-ring (bicyclic) bond motifs is 22. The minimum absolute atomic E-state index is 1.16. The maximum absolute atomic E-state index is 2.52. The number of rotatable bonds is 10. The summed E-state index contributed by atoms with van der Waals surface area (Å²) in [6, 6.07) is 174. The summed E-state index contributed by atoms with van der Waals surface area (Å²) in [6.07, 6.45) is 0. The van der Waals surface area contributed by atoms with Gasteiger partial charge in [-0.15, -0.1) is 0 Å². The Morgan fingerprint density at radius 3 is 0.546 bits per heavy atom. The van der Waals surface area contributed by atoms with E-state index in [9.17, 15) is 0 Å². The van der Waals surface area contributed by atoms with Gasteiger partial charge < -0.3 is 27.4 Å². The quantitative estimate of drug-likeness (QED) is 0.122. The van der Waals surface area contributed by atoms with E-state index in [2.05, 4.69) is 501 Å². The molecule has 6 heteroatoms. The molecule has 0 unspecified atom stereocenters. The minimum atomic E-state index is 1.16. The Morgan fingerprint density at radius 2 is 0.277 bits per heavy atom. The summed E-state index contributed by atoms with van der Waals surface area (Å²) < 4.78 is 14.6. The average Bonchev–Trinajstić information content (AvgIpc) is 1.55. The molecule has 0 radical (unpaired) electrons. The summed E-state index contributed by atoms with van der Waals surface area (Å²) in [6.45, 7) is 0. The van der Waals surface area contributed by atoms with E-state index in [1.807, 2.05) is 0 Å². The summed E-state index contributed by atoms with van der Waals surface area (Å²) in [5.41, 5.74) is 31.0. The molecule has 28 rings (SSSR count). The SMILES string of the molecule is c1ccc(-n2c3ccccc3c3cc(-c4ccc5c(c4)c4cc(-c6ccc7c(c6)c6ccccc6n7-c6ccccc6)ccc4n5-c4c5ccccc5cc5ccccc45)ccc32)cc1.c1ccc(-n2c3ccccc3c3cc(-c4ccc5c(c4)c4cc(-c6ccc7c8ccccc8n(-c8ccccc8)c7c6)ccc4n5-c4c5ccccc5cc5ccccc45)ccc32)cc1. The van der Waals surface area contributed by atoms with Crippen LogP contribution in [0.25, 0.3) is 253 Å². The van der Waals surface area contributed by atoms with Gasteiger partial charge in [-0.25, -0.2) is 0 Å². The summed E-state index contributed by atoms with van der Waals surface area (Å²) in [5, 5.41) is 24.8. The lowest BCUT2D eigenvalue weighted by atomic mass is 9.98. The van der Waals surface area contributed by atoms with Gasteiger partial charge >= 0.3 is 0 Å². The molecule has 130 heavy (non-hydrogen) atoms. The van der Waals surface area contributed by atoms with Crippen molar-refractivity contribution in [2.75, 3.05) is 0 Å². The highest BCUT2D eigenvalue weighted by molar-refractivity contribution is 6.21. The van der Waals surface area contributed by atoms with E-state index >= 15 is 0 Å². The summed E-state index contributed by atoms with van der Waals surface area (Å²) in [4.78, 5) is 0. The predicted molar refractivity (Wildman–Crippen MR) is 551 cm³/mol. The van der Waals surface area contributed by atoms with E-state index in [4.69, 9.17) is 0 Å². The highest BCUT2D eigenvalue weighted by Gasteiger charge is 2.25. The van der Waals surface area contributed by atoms with Gasteiger partial charge in [0, 0.05) is 109 Å². The van der Waals surface area contributed by atoms with Crippen LogP contribution in [0.5, 0.6) is 0 Å². The molecule has 604 valence electrons. The third kappa shape index (κ3) is 11.3. The van der Waals surface area contributed by atoms with Gasteiger partial charge in [-0.1, -0.05) is 297 Å². The van der Waals surface area contributed by atoms with Gasteiger partial charge in [-0.05, 0) is 242 Å². The third-order valence-electron chi connectivity index (χ3n) is 27.5. The van der Waals surface area contributed by atoms with Crippen molar-refractivity contribution in [3.8, 4) is 78.6 Å². The molecule has 0 saturated carbocycles. The van der Waals surface area contributed by atoms with Gasteiger partial charge in [0.25, 0.3) is 0 Å². The van der Waals surface area contributed by atoms with Crippen LogP contribution in [0.1, 0.15) is 0 Å². The fourth-order valence-electron chi connectivity index (χ4n) is 21.7. The number of benzene rings is 22. The van der Waals surface area contributed by atoms with Gasteiger partial charge in [-0.2, -0.15) is 0 Å². The lowest BCUT2D eigenvalue weighted by Crippen LogP contribution is -1.97. The fraction of sp³-hybridized carbons (Fsp3) is 0. The van der Waals surface area contributed by atoms with Crippen molar-refractivity contribution in [3.05, 3.63) is 473 Å². The molecule has 0 saturated heterocycles. The van der Waals surface area contributed by atoms with Gasteiger partial charge in [0.15, 0.2) is 0 Å². The number of hydrogen-bond acceptors (Lipinski definition) is 0. The van der Waals surface area contributed by atoms with Crippen molar-refractivity contribution in [2.45, 2.75) is 0 Å². The molecule has 0 fully saturated rings. The molecule has 6 heterocycles. The first kappa shape index (κ1) is 73.1. The topological polar surface area (TPSA) is 29.6 Å². The Morgan fingerprint density at radius 1 is 0.100 bits per heavy atom. The largest absolute Gasteiger partial charge is 0.309 e. The van der Waals surface area contributed by atoms with Crippen LogP contribution < -0.4 is 0 Å². The van der Waals surface area contributed by atoms with Crippen LogP contribution in [-0.2, 0) is 0 Å². The zero-order valence-electron chi connectivity index (χ0n) is 70.7.